The molecule has 1 rings (SSSR count). The zero-order valence-corrected chi connectivity index (χ0v) is 8.66. The molecule has 0 bridgehead atoms. The highest BCUT2D eigenvalue weighted by molar-refractivity contribution is 5.73. The highest BCUT2D eigenvalue weighted by Crippen LogP contribution is 2.11. The molecule has 2 N–H and O–H groups in total. The smallest absolute Gasteiger partial charge is 0.320 e. The van der Waals surface area contributed by atoms with Crippen LogP contribution in [0.4, 0.5) is 0 Å². The Kier molecular flexibility index (Phi) is 4.90. The van der Waals surface area contributed by atoms with E-state index in [1.807, 2.05) is 6.92 Å². The Bertz CT molecular complexity index is 178. The van der Waals surface area contributed by atoms with Gasteiger partial charge in [0, 0.05) is 13.2 Å². The number of carbonyl (C=O) groups is 1. The number of carboxylic acid groups (broad SMARTS) is 1. The summed E-state index contributed by atoms with van der Waals surface area (Å²) < 4.78 is 5.41. The first-order valence-corrected chi connectivity index (χ1v) is 5.31. The molecule has 1 aliphatic rings. The maximum Gasteiger partial charge on any atom is 0.320 e. The lowest BCUT2D eigenvalue weighted by Gasteiger charge is -2.16. The molecule has 0 aromatic heterocycles. The number of nitrogens with one attached hydrogen (secondary N) is 1. The van der Waals surface area contributed by atoms with Gasteiger partial charge >= 0.3 is 5.97 Å². The van der Waals surface area contributed by atoms with Gasteiger partial charge in [0.05, 0.1) is 6.10 Å². The number of ether oxygens (including phenoxy) is 1. The average Bonchev–Trinajstić information content (AvgIpc) is 2.64. The highest BCUT2D eigenvalue weighted by atomic mass is 16.5. The molecule has 0 aliphatic carbocycles. The second kappa shape index (κ2) is 5.98. The van der Waals surface area contributed by atoms with Gasteiger partial charge in [0.2, 0.25) is 0 Å². The number of aliphatic carboxylic acids is 1. The van der Waals surface area contributed by atoms with Gasteiger partial charge in [-0.05, 0) is 19.3 Å². The molecule has 0 aromatic carbocycles. The lowest BCUT2D eigenvalue weighted by molar-refractivity contribution is -0.139. The monoisotopic (exact) mass is 201 g/mol. The Balaban J connectivity index is 2.21. The predicted octanol–water partition coefficient (Wildman–Crippen LogP) is 1.01. The SMILES string of the molecule is CCC[C@H](NC[C@H]1CCCO1)C(=O)O. The predicted molar refractivity (Wildman–Crippen MR) is 53.3 cm³/mol. The molecule has 4 heteroatoms. The largest absolute Gasteiger partial charge is 0.480 e. The van der Waals surface area contributed by atoms with Gasteiger partial charge in [-0.1, -0.05) is 13.3 Å². The van der Waals surface area contributed by atoms with Crippen LogP contribution in [0.2, 0.25) is 0 Å². The van der Waals surface area contributed by atoms with Gasteiger partial charge in [-0.25, -0.2) is 0 Å². The Morgan fingerprint density at radius 3 is 3.00 bits per heavy atom. The summed E-state index contributed by atoms with van der Waals surface area (Å²) in [7, 11) is 0. The molecule has 1 saturated heterocycles. The van der Waals surface area contributed by atoms with E-state index in [9.17, 15) is 4.79 Å². The lowest BCUT2D eigenvalue weighted by atomic mass is 10.1. The molecule has 14 heavy (non-hydrogen) atoms. The van der Waals surface area contributed by atoms with Crippen LogP contribution in [-0.2, 0) is 9.53 Å². The van der Waals surface area contributed by atoms with Crippen LogP contribution in [0.5, 0.6) is 0 Å². The van der Waals surface area contributed by atoms with Crippen molar-refractivity contribution < 1.29 is 14.6 Å². The summed E-state index contributed by atoms with van der Waals surface area (Å²) in [5, 5.41) is 11.9. The molecule has 0 radical (unpaired) electrons. The van der Waals surface area contributed by atoms with Crippen LogP contribution in [0.25, 0.3) is 0 Å². The summed E-state index contributed by atoms with van der Waals surface area (Å²) in [6.45, 7) is 3.47. The van der Waals surface area contributed by atoms with Crippen LogP contribution in [0.1, 0.15) is 32.6 Å². The van der Waals surface area contributed by atoms with Gasteiger partial charge in [-0.2, -0.15) is 0 Å². The fourth-order valence-electron chi connectivity index (χ4n) is 1.68. The number of carboxylic acids is 1. The van der Waals surface area contributed by atoms with Crippen molar-refractivity contribution in [2.24, 2.45) is 0 Å². The molecule has 0 spiro atoms. The molecule has 82 valence electrons. The van der Waals surface area contributed by atoms with E-state index in [1.165, 1.54) is 0 Å². The quantitative estimate of drug-likeness (QED) is 0.673. The van der Waals surface area contributed by atoms with Gasteiger partial charge in [-0.3, -0.25) is 4.79 Å². The first-order valence-electron chi connectivity index (χ1n) is 5.31. The minimum atomic E-state index is -0.759. The average molecular weight is 201 g/mol. The number of rotatable bonds is 6. The van der Waals surface area contributed by atoms with Crippen molar-refractivity contribution in [2.75, 3.05) is 13.2 Å². The maximum absolute atomic E-state index is 10.8. The molecular weight excluding hydrogens is 182 g/mol. The van der Waals surface area contributed by atoms with E-state index in [1.54, 1.807) is 0 Å². The van der Waals surface area contributed by atoms with Crippen LogP contribution >= 0.6 is 0 Å². The van der Waals surface area contributed by atoms with Crippen LogP contribution in [0.15, 0.2) is 0 Å². The summed E-state index contributed by atoms with van der Waals surface area (Å²) >= 11 is 0. The Hall–Kier alpha value is -0.610. The first kappa shape index (κ1) is 11.5. The molecule has 0 aromatic rings. The van der Waals surface area contributed by atoms with Crippen LogP contribution in [-0.4, -0.2) is 36.4 Å². The van der Waals surface area contributed by atoms with Gasteiger partial charge in [-0.15, -0.1) is 0 Å². The van der Waals surface area contributed by atoms with E-state index in [2.05, 4.69) is 5.32 Å². The zero-order valence-electron chi connectivity index (χ0n) is 8.66. The fourth-order valence-corrected chi connectivity index (χ4v) is 1.68. The van der Waals surface area contributed by atoms with Crippen molar-refractivity contribution in [1.82, 2.24) is 5.32 Å². The molecule has 1 heterocycles. The van der Waals surface area contributed by atoms with Crippen molar-refractivity contribution in [3.8, 4) is 0 Å². The van der Waals surface area contributed by atoms with E-state index in [0.29, 0.717) is 13.0 Å². The van der Waals surface area contributed by atoms with Gasteiger partial charge in [0.25, 0.3) is 0 Å². The Morgan fingerprint density at radius 1 is 1.71 bits per heavy atom. The first-order chi connectivity index (χ1) is 6.74. The zero-order chi connectivity index (χ0) is 10.4. The summed E-state index contributed by atoms with van der Waals surface area (Å²) in [6, 6.07) is -0.413. The maximum atomic E-state index is 10.8. The molecule has 0 amide bonds. The van der Waals surface area contributed by atoms with Crippen molar-refractivity contribution >= 4 is 5.97 Å². The van der Waals surface area contributed by atoms with Crippen molar-refractivity contribution in [2.45, 2.75) is 44.8 Å². The van der Waals surface area contributed by atoms with Crippen LogP contribution in [0, 0.1) is 0 Å². The second-order valence-corrected chi connectivity index (χ2v) is 3.72. The Morgan fingerprint density at radius 2 is 2.50 bits per heavy atom. The third kappa shape index (κ3) is 3.64. The summed E-state index contributed by atoms with van der Waals surface area (Å²) in [4.78, 5) is 10.8. The van der Waals surface area contributed by atoms with E-state index in [0.717, 1.165) is 25.9 Å². The van der Waals surface area contributed by atoms with Crippen molar-refractivity contribution in [3.05, 3.63) is 0 Å². The van der Waals surface area contributed by atoms with E-state index < -0.39 is 12.0 Å². The minimum absolute atomic E-state index is 0.216. The van der Waals surface area contributed by atoms with Gasteiger partial charge in [0.1, 0.15) is 6.04 Å². The molecule has 0 unspecified atom stereocenters. The summed E-state index contributed by atoms with van der Waals surface area (Å²) in [6.07, 6.45) is 3.93. The summed E-state index contributed by atoms with van der Waals surface area (Å²) in [5.41, 5.74) is 0. The highest BCUT2D eigenvalue weighted by Gasteiger charge is 2.20. The van der Waals surface area contributed by atoms with Crippen LogP contribution < -0.4 is 5.32 Å². The number of hydrogen-bond acceptors (Lipinski definition) is 3. The molecule has 2 atom stereocenters. The third-order valence-electron chi connectivity index (χ3n) is 2.49. The van der Waals surface area contributed by atoms with E-state index in [4.69, 9.17) is 9.84 Å². The molecule has 1 aliphatic heterocycles. The van der Waals surface area contributed by atoms with Crippen LogP contribution in [0.3, 0.4) is 0 Å². The van der Waals surface area contributed by atoms with Crippen molar-refractivity contribution in [1.29, 1.82) is 0 Å². The summed E-state index contributed by atoms with van der Waals surface area (Å²) in [5.74, 6) is -0.759. The normalized spacial score (nSPS) is 23.6. The molecule has 4 nitrogen and oxygen atoms in total. The molecular formula is C10H19NO3. The third-order valence-corrected chi connectivity index (χ3v) is 2.49. The molecule has 0 saturated carbocycles. The Labute approximate surface area is 84.6 Å². The van der Waals surface area contributed by atoms with E-state index in [-0.39, 0.29) is 6.10 Å². The standard InChI is InChI=1S/C10H19NO3/c1-2-4-9(10(12)13)11-7-8-5-3-6-14-8/h8-9,11H,2-7H2,1H3,(H,12,13)/t8-,9+/m1/s1. The topological polar surface area (TPSA) is 58.6 Å². The number of hydrogen-bond donors (Lipinski definition) is 2. The lowest BCUT2D eigenvalue weighted by Crippen LogP contribution is -2.40. The molecule has 1 fully saturated rings. The fraction of sp³-hybridized carbons (Fsp3) is 0.900. The van der Waals surface area contributed by atoms with Gasteiger partial charge in [0.15, 0.2) is 0 Å². The van der Waals surface area contributed by atoms with E-state index >= 15 is 0 Å². The van der Waals surface area contributed by atoms with Crippen molar-refractivity contribution in [3.63, 3.8) is 0 Å². The second-order valence-electron chi connectivity index (χ2n) is 3.72. The van der Waals surface area contributed by atoms with Gasteiger partial charge < -0.3 is 15.2 Å². The minimum Gasteiger partial charge on any atom is -0.480 e.